The van der Waals surface area contributed by atoms with Crippen molar-refractivity contribution >= 4 is 0 Å². The Morgan fingerprint density at radius 3 is 2.76 bits per heavy atom. The minimum absolute atomic E-state index is 0.0818. The first-order valence-corrected chi connectivity index (χ1v) is 7.60. The van der Waals surface area contributed by atoms with Crippen molar-refractivity contribution in [1.29, 1.82) is 5.26 Å². The molecule has 25 heavy (non-hydrogen) atoms. The first kappa shape index (κ1) is 16.5. The van der Waals surface area contributed by atoms with Gasteiger partial charge in [-0.15, -0.1) is 0 Å². The van der Waals surface area contributed by atoms with Crippen LogP contribution in [0.5, 0.6) is 11.6 Å². The summed E-state index contributed by atoms with van der Waals surface area (Å²) < 4.78 is 26.4. The second kappa shape index (κ2) is 7.45. The van der Waals surface area contributed by atoms with Crippen LogP contribution in [0.3, 0.4) is 0 Å². The van der Waals surface area contributed by atoms with E-state index in [0.717, 1.165) is 11.9 Å². The maximum absolute atomic E-state index is 13.7. The maximum atomic E-state index is 13.7. The van der Waals surface area contributed by atoms with E-state index in [1.54, 1.807) is 12.3 Å². The van der Waals surface area contributed by atoms with E-state index in [1.807, 2.05) is 35.9 Å². The number of aromatic nitrogens is 3. The summed E-state index contributed by atoms with van der Waals surface area (Å²) in [5.41, 5.74) is 0.247. The number of imidazole rings is 1. The second-order valence-electron chi connectivity index (χ2n) is 5.13. The Morgan fingerprint density at radius 1 is 1.20 bits per heavy atom. The monoisotopic (exact) mass is 338 g/mol. The molecule has 2 heterocycles. The molecule has 3 rings (SSSR count). The molecule has 0 aliphatic carbocycles. The number of nitrogens with zero attached hydrogens (tertiary/aromatic N) is 4. The Balaban J connectivity index is 1.56. The number of hydrogen-bond acceptors (Lipinski definition) is 5. The normalized spacial score (nSPS) is 10.3. The lowest BCUT2D eigenvalue weighted by atomic mass is 10.2. The third-order valence-corrected chi connectivity index (χ3v) is 3.43. The Bertz CT molecular complexity index is 917. The van der Waals surface area contributed by atoms with Crippen molar-refractivity contribution in [2.24, 2.45) is 0 Å². The van der Waals surface area contributed by atoms with E-state index in [9.17, 15) is 4.39 Å². The van der Waals surface area contributed by atoms with Crippen molar-refractivity contribution in [2.75, 3.05) is 13.2 Å². The fourth-order valence-electron chi connectivity index (χ4n) is 2.22. The van der Waals surface area contributed by atoms with Crippen molar-refractivity contribution in [3.63, 3.8) is 0 Å². The predicted octanol–water partition coefficient (Wildman–Crippen LogP) is 3.04. The zero-order chi connectivity index (χ0) is 17.6. The zero-order valence-electron chi connectivity index (χ0n) is 13.5. The summed E-state index contributed by atoms with van der Waals surface area (Å²) >= 11 is 0. The van der Waals surface area contributed by atoms with Gasteiger partial charge in [-0.25, -0.2) is 9.37 Å². The van der Waals surface area contributed by atoms with E-state index in [2.05, 4.69) is 9.97 Å². The number of nitriles is 1. The molecule has 0 saturated heterocycles. The summed E-state index contributed by atoms with van der Waals surface area (Å²) in [7, 11) is 0. The molecule has 0 bridgehead atoms. The molecule has 2 aromatic heterocycles. The minimum Gasteiger partial charge on any atom is -0.487 e. The quantitative estimate of drug-likeness (QED) is 0.646. The van der Waals surface area contributed by atoms with Crippen LogP contribution in [-0.2, 0) is 0 Å². The fraction of sp³-hybridized carbons (Fsp3) is 0.167. The molecular formula is C18H15FN4O2. The van der Waals surface area contributed by atoms with Crippen LogP contribution in [0.15, 0.2) is 48.8 Å². The Kier molecular flexibility index (Phi) is 4.90. The highest BCUT2D eigenvalue weighted by molar-refractivity contribution is 5.36. The zero-order valence-corrected chi connectivity index (χ0v) is 13.5. The van der Waals surface area contributed by atoms with Crippen molar-refractivity contribution in [2.45, 2.75) is 6.92 Å². The Labute approximate surface area is 144 Å². The molecule has 1 aromatic carbocycles. The molecule has 3 aromatic rings. The van der Waals surface area contributed by atoms with Gasteiger partial charge in [0.2, 0.25) is 5.88 Å². The van der Waals surface area contributed by atoms with Crippen LogP contribution in [0, 0.1) is 24.1 Å². The fourth-order valence-corrected chi connectivity index (χ4v) is 2.22. The summed E-state index contributed by atoms with van der Waals surface area (Å²) in [4.78, 5) is 8.55. The number of rotatable bonds is 6. The molecule has 0 amide bonds. The number of hydrogen-bond donors (Lipinski definition) is 0. The molecule has 126 valence electrons. The topological polar surface area (TPSA) is 73.0 Å². The van der Waals surface area contributed by atoms with Gasteiger partial charge in [-0.3, -0.25) is 4.57 Å². The highest BCUT2D eigenvalue weighted by Gasteiger charge is 2.06. The molecular weight excluding hydrogens is 323 g/mol. The summed E-state index contributed by atoms with van der Waals surface area (Å²) in [5, 5.41) is 8.71. The van der Waals surface area contributed by atoms with Gasteiger partial charge < -0.3 is 9.47 Å². The van der Waals surface area contributed by atoms with Gasteiger partial charge in [0.05, 0.1) is 11.6 Å². The van der Waals surface area contributed by atoms with Gasteiger partial charge in [0, 0.05) is 18.5 Å². The Morgan fingerprint density at radius 2 is 2.04 bits per heavy atom. The van der Waals surface area contributed by atoms with Crippen molar-refractivity contribution in [3.8, 4) is 23.5 Å². The highest BCUT2D eigenvalue weighted by atomic mass is 19.1. The smallest absolute Gasteiger partial charge is 0.215 e. The van der Waals surface area contributed by atoms with Crippen LogP contribution in [0.1, 0.15) is 11.4 Å². The number of pyridine rings is 1. The van der Waals surface area contributed by atoms with Gasteiger partial charge in [0.25, 0.3) is 0 Å². The lowest BCUT2D eigenvalue weighted by Gasteiger charge is -2.10. The van der Waals surface area contributed by atoms with Gasteiger partial charge in [0.1, 0.15) is 24.9 Å². The molecule has 0 aliphatic rings. The van der Waals surface area contributed by atoms with E-state index in [4.69, 9.17) is 14.7 Å². The van der Waals surface area contributed by atoms with Gasteiger partial charge in [-0.2, -0.15) is 10.2 Å². The van der Waals surface area contributed by atoms with Gasteiger partial charge >= 0.3 is 0 Å². The van der Waals surface area contributed by atoms with E-state index in [1.165, 1.54) is 12.1 Å². The minimum atomic E-state index is -0.574. The van der Waals surface area contributed by atoms with Crippen LogP contribution < -0.4 is 9.47 Å². The number of halogens is 1. The van der Waals surface area contributed by atoms with E-state index >= 15 is 0 Å². The van der Waals surface area contributed by atoms with Gasteiger partial charge in [-0.1, -0.05) is 6.07 Å². The first-order chi connectivity index (χ1) is 12.2. The number of aryl methyl sites for hydroxylation is 1. The molecule has 0 unspecified atom stereocenters. The summed E-state index contributed by atoms with van der Waals surface area (Å²) in [6, 6.07) is 11.3. The third-order valence-electron chi connectivity index (χ3n) is 3.43. The lowest BCUT2D eigenvalue weighted by Crippen LogP contribution is -2.11. The van der Waals surface area contributed by atoms with Crippen LogP contribution in [0.2, 0.25) is 0 Å². The molecule has 7 heteroatoms. The van der Waals surface area contributed by atoms with Gasteiger partial charge in [0.15, 0.2) is 11.6 Å². The molecule has 6 nitrogen and oxygen atoms in total. The van der Waals surface area contributed by atoms with Gasteiger partial charge in [-0.05, 0) is 31.2 Å². The van der Waals surface area contributed by atoms with Crippen LogP contribution >= 0.6 is 0 Å². The van der Waals surface area contributed by atoms with E-state index < -0.39 is 5.82 Å². The molecule has 0 radical (unpaired) electrons. The first-order valence-electron chi connectivity index (χ1n) is 7.60. The van der Waals surface area contributed by atoms with Crippen LogP contribution in [-0.4, -0.2) is 27.7 Å². The molecule has 0 saturated carbocycles. The van der Waals surface area contributed by atoms with Crippen molar-refractivity contribution in [3.05, 3.63) is 66.0 Å². The summed E-state index contributed by atoms with van der Waals surface area (Å²) in [6.45, 7) is 2.24. The molecule has 0 N–H and O–H groups in total. The maximum Gasteiger partial charge on any atom is 0.215 e. The van der Waals surface area contributed by atoms with Crippen LogP contribution in [0.25, 0.3) is 5.82 Å². The average Bonchev–Trinajstić information content (AvgIpc) is 3.06. The van der Waals surface area contributed by atoms with Crippen molar-refractivity contribution < 1.29 is 13.9 Å². The third kappa shape index (κ3) is 3.93. The van der Waals surface area contributed by atoms with Crippen LogP contribution in [0.4, 0.5) is 4.39 Å². The molecule has 0 aliphatic heterocycles. The largest absolute Gasteiger partial charge is 0.487 e. The highest BCUT2D eigenvalue weighted by Crippen LogP contribution is 2.18. The second-order valence-corrected chi connectivity index (χ2v) is 5.13. The molecule has 0 spiro atoms. The average molecular weight is 338 g/mol. The lowest BCUT2D eigenvalue weighted by molar-refractivity contribution is 0.206. The number of ether oxygens (including phenoxy) is 2. The van der Waals surface area contributed by atoms with E-state index in [0.29, 0.717) is 11.7 Å². The molecule has 0 fully saturated rings. The van der Waals surface area contributed by atoms with Crippen molar-refractivity contribution in [1.82, 2.24) is 14.5 Å². The predicted molar refractivity (Wildman–Crippen MR) is 88.2 cm³/mol. The summed E-state index contributed by atoms with van der Waals surface area (Å²) in [5.74, 6) is 1.47. The SMILES string of the molecule is Cc1nccn1-c1cccc(OCCOc2ccc(C#N)cc2F)n1. The standard InChI is InChI=1S/C18H15FN4O2/c1-13-21-7-8-23(13)17-3-2-4-18(22-17)25-10-9-24-16-6-5-14(12-20)11-15(16)19/h2-8,11H,9-10H2,1H3. The molecule has 0 atom stereocenters. The van der Waals surface area contributed by atoms with E-state index in [-0.39, 0.29) is 24.5 Å². The Hall–Kier alpha value is -3.40. The number of benzene rings is 1. The summed E-state index contributed by atoms with van der Waals surface area (Å²) in [6.07, 6.45) is 3.52.